The van der Waals surface area contributed by atoms with Gasteiger partial charge < -0.3 is 10.1 Å². The van der Waals surface area contributed by atoms with E-state index in [1.807, 2.05) is 6.07 Å². The first-order chi connectivity index (χ1) is 7.23. The predicted octanol–water partition coefficient (Wildman–Crippen LogP) is 2.52. The molecule has 0 saturated carbocycles. The summed E-state index contributed by atoms with van der Waals surface area (Å²) in [5, 5.41) is 3.57. The minimum Gasteiger partial charge on any atom is -0.370 e. The van der Waals surface area contributed by atoms with Crippen molar-refractivity contribution >= 4 is 0 Å². The molecule has 1 aromatic carbocycles. The first kappa shape index (κ1) is 10.7. The molecule has 1 aliphatic rings. The van der Waals surface area contributed by atoms with Crippen LogP contribution >= 0.6 is 0 Å². The molecule has 15 heavy (non-hydrogen) atoms. The Bertz CT molecular complexity index is 302. The molecule has 2 unspecified atom stereocenters. The summed E-state index contributed by atoms with van der Waals surface area (Å²) in [6.45, 7) is 6.12. The lowest BCUT2D eigenvalue weighted by Crippen LogP contribution is -2.52. The Hall–Kier alpha value is -0.860. The summed E-state index contributed by atoms with van der Waals surface area (Å²) in [7, 11) is 0. The maximum Gasteiger partial charge on any atom is 0.0950 e. The van der Waals surface area contributed by atoms with Gasteiger partial charge in [-0.05, 0) is 18.9 Å². The molecule has 0 spiro atoms. The van der Waals surface area contributed by atoms with E-state index in [0.717, 1.165) is 19.6 Å². The van der Waals surface area contributed by atoms with Gasteiger partial charge in [0, 0.05) is 12.1 Å². The van der Waals surface area contributed by atoms with E-state index in [2.05, 4.69) is 43.4 Å². The van der Waals surface area contributed by atoms with Crippen LogP contribution in [-0.2, 0) is 4.74 Å². The average Bonchev–Trinajstić information content (AvgIpc) is 2.31. The molecule has 0 amide bonds. The van der Waals surface area contributed by atoms with Crippen LogP contribution in [0.1, 0.15) is 31.9 Å². The molecule has 2 atom stereocenters. The van der Waals surface area contributed by atoms with Crippen LogP contribution in [-0.4, -0.2) is 18.7 Å². The largest absolute Gasteiger partial charge is 0.370 e. The Balaban J connectivity index is 2.00. The summed E-state index contributed by atoms with van der Waals surface area (Å²) in [5.74, 6) is 0. The zero-order valence-electron chi connectivity index (χ0n) is 9.49. The van der Waals surface area contributed by atoms with Crippen LogP contribution < -0.4 is 5.32 Å². The van der Waals surface area contributed by atoms with Gasteiger partial charge in [0.05, 0.1) is 12.7 Å². The van der Waals surface area contributed by atoms with E-state index in [9.17, 15) is 0 Å². The fraction of sp³-hybridized carbons (Fsp3) is 0.538. The number of rotatable bonds is 2. The number of nitrogens with one attached hydrogen (secondary N) is 1. The molecule has 1 aromatic rings. The van der Waals surface area contributed by atoms with Crippen molar-refractivity contribution in [2.75, 3.05) is 13.2 Å². The van der Waals surface area contributed by atoms with Gasteiger partial charge >= 0.3 is 0 Å². The Morgan fingerprint density at radius 2 is 2.13 bits per heavy atom. The molecule has 0 aromatic heterocycles. The summed E-state index contributed by atoms with van der Waals surface area (Å²) >= 11 is 0. The van der Waals surface area contributed by atoms with Gasteiger partial charge in [-0.15, -0.1) is 0 Å². The van der Waals surface area contributed by atoms with Crippen LogP contribution in [0.2, 0.25) is 0 Å². The van der Waals surface area contributed by atoms with Crippen molar-refractivity contribution in [1.82, 2.24) is 5.32 Å². The standard InChI is InChI=1S/C13H19NO/c1-3-13(2)10-15-12(9-14-13)11-7-5-4-6-8-11/h4-8,12,14H,3,9-10H2,1-2H3. The number of hydrogen-bond acceptors (Lipinski definition) is 2. The van der Waals surface area contributed by atoms with Gasteiger partial charge in [0.15, 0.2) is 0 Å². The molecule has 2 rings (SSSR count). The quantitative estimate of drug-likeness (QED) is 0.801. The SMILES string of the molecule is CCC1(C)COC(c2ccccc2)CN1. The van der Waals surface area contributed by atoms with E-state index in [4.69, 9.17) is 4.74 Å². The molecule has 0 aliphatic carbocycles. The van der Waals surface area contributed by atoms with Crippen molar-refractivity contribution in [1.29, 1.82) is 0 Å². The molecule has 1 aliphatic heterocycles. The molecule has 1 N–H and O–H groups in total. The monoisotopic (exact) mass is 205 g/mol. The highest BCUT2D eigenvalue weighted by atomic mass is 16.5. The molecule has 82 valence electrons. The molecule has 2 nitrogen and oxygen atoms in total. The highest BCUT2D eigenvalue weighted by Gasteiger charge is 2.29. The third kappa shape index (κ3) is 2.39. The van der Waals surface area contributed by atoms with Crippen LogP contribution in [0.3, 0.4) is 0 Å². The summed E-state index contributed by atoms with van der Waals surface area (Å²) in [6.07, 6.45) is 1.32. The lowest BCUT2D eigenvalue weighted by atomic mass is 9.96. The molecule has 0 bridgehead atoms. The molecule has 1 fully saturated rings. The predicted molar refractivity (Wildman–Crippen MR) is 61.8 cm³/mol. The zero-order valence-corrected chi connectivity index (χ0v) is 9.49. The average molecular weight is 205 g/mol. The maximum absolute atomic E-state index is 5.91. The Kier molecular flexibility index (Phi) is 3.08. The van der Waals surface area contributed by atoms with Crippen molar-refractivity contribution in [3.05, 3.63) is 35.9 Å². The number of morpholine rings is 1. The second-order valence-electron chi connectivity index (χ2n) is 4.51. The highest BCUT2D eigenvalue weighted by Crippen LogP contribution is 2.24. The van der Waals surface area contributed by atoms with Gasteiger partial charge in [-0.2, -0.15) is 0 Å². The highest BCUT2D eigenvalue weighted by molar-refractivity contribution is 5.18. The van der Waals surface area contributed by atoms with E-state index >= 15 is 0 Å². The van der Waals surface area contributed by atoms with Gasteiger partial charge in [-0.25, -0.2) is 0 Å². The molecule has 2 heteroatoms. The lowest BCUT2D eigenvalue weighted by molar-refractivity contribution is -0.0299. The first-order valence-electron chi connectivity index (χ1n) is 5.65. The normalized spacial score (nSPS) is 31.5. The van der Waals surface area contributed by atoms with Crippen LogP contribution in [0.15, 0.2) is 30.3 Å². The molecule has 1 heterocycles. The van der Waals surface area contributed by atoms with Crippen LogP contribution in [0, 0.1) is 0 Å². The fourth-order valence-corrected chi connectivity index (χ4v) is 1.84. The lowest BCUT2D eigenvalue weighted by Gasteiger charge is -2.38. The van der Waals surface area contributed by atoms with Crippen molar-refractivity contribution in [3.8, 4) is 0 Å². The van der Waals surface area contributed by atoms with Crippen molar-refractivity contribution in [2.45, 2.75) is 31.9 Å². The van der Waals surface area contributed by atoms with Crippen molar-refractivity contribution in [3.63, 3.8) is 0 Å². The zero-order chi connectivity index (χ0) is 10.7. The minimum absolute atomic E-state index is 0.158. The van der Waals surface area contributed by atoms with Crippen LogP contribution in [0.5, 0.6) is 0 Å². The van der Waals surface area contributed by atoms with Gasteiger partial charge in [-0.3, -0.25) is 0 Å². The topological polar surface area (TPSA) is 21.3 Å². The number of ether oxygens (including phenoxy) is 1. The third-order valence-electron chi connectivity index (χ3n) is 3.27. The first-order valence-corrected chi connectivity index (χ1v) is 5.65. The van der Waals surface area contributed by atoms with Gasteiger partial charge in [0.25, 0.3) is 0 Å². The van der Waals surface area contributed by atoms with Gasteiger partial charge in [0.2, 0.25) is 0 Å². The number of hydrogen-bond donors (Lipinski definition) is 1. The van der Waals surface area contributed by atoms with E-state index in [1.54, 1.807) is 0 Å². The molecular weight excluding hydrogens is 186 g/mol. The third-order valence-corrected chi connectivity index (χ3v) is 3.27. The smallest absolute Gasteiger partial charge is 0.0950 e. The number of benzene rings is 1. The summed E-state index contributed by atoms with van der Waals surface area (Å²) in [5.41, 5.74) is 1.42. The summed E-state index contributed by atoms with van der Waals surface area (Å²) in [6, 6.07) is 10.4. The molecule has 0 radical (unpaired) electrons. The van der Waals surface area contributed by atoms with E-state index in [1.165, 1.54) is 5.56 Å². The van der Waals surface area contributed by atoms with E-state index in [0.29, 0.717) is 0 Å². The van der Waals surface area contributed by atoms with Crippen LogP contribution in [0.4, 0.5) is 0 Å². The Labute approximate surface area is 91.6 Å². The Morgan fingerprint density at radius 3 is 2.67 bits per heavy atom. The minimum atomic E-state index is 0.158. The van der Waals surface area contributed by atoms with Gasteiger partial charge in [0.1, 0.15) is 0 Å². The second kappa shape index (κ2) is 4.33. The van der Waals surface area contributed by atoms with Crippen LogP contribution in [0.25, 0.3) is 0 Å². The van der Waals surface area contributed by atoms with E-state index < -0.39 is 0 Å². The van der Waals surface area contributed by atoms with Crippen molar-refractivity contribution < 1.29 is 4.74 Å². The Morgan fingerprint density at radius 1 is 1.40 bits per heavy atom. The molecule has 1 saturated heterocycles. The van der Waals surface area contributed by atoms with Crippen molar-refractivity contribution in [2.24, 2.45) is 0 Å². The maximum atomic E-state index is 5.91. The summed E-state index contributed by atoms with van der Waals surface area (Å²) in [4.78, 5) is 0. The van der Waals surface area contributed by atoms with Gasteiger partial charge in [-0.1, -0.05) is 37.3 Å². The molecular formula is C13H19NO. The fourth-order valence-electron chi connectivity index (χ4n) is 1.84. The van der Waals surface area contributed by atoms with E-state index in [-0.39, 0.29) is 11.6 Å². The summed E-state index contributed by atoms with van der Waals surface area (Å²) < 4.78 is 5.91. The second-order valence-corrected chi connectivity index (χ2v) is 4.51.